The van der Waals surface area contributed by atoms with Crippen molar-refractivity contribution in [1.82, 2.24) is 4.98 Å². The Labute approximate surface area is 146 Å². The van der Waals surface area contributed by atoms with Crippen LogP contribution in [0.5, 0.6) is 0 Å². The molecule has 2 aromatic rings. The van der Waals surface area contributed by atoms with E-state index in [1.807, 2.05) is 0 Å². The maximum Gasteiger partial charge on any atom is 0.418 e. The van der Waals surface area contributed by atoms with E-state index in [9.17, 15) is 22.8 Å². The van der Waals surface area contributed by atoms with Gasteiger partial charge in [-0.15, -0.1) is 0 Å². The largest absolute Gasteiger partial charge is 0.427 e. The van der Waals surface area contributed by atoms with Crippen LogP contribution >= 0.6 is 0 Å². The number of pyridine rings is 1. The third-order valence-electron chi connectivity index (χ3n) is 5.03. The van der Waals surface area contributed by atoms with Crippen LogP contribution < -0.4 is 0 Å². The summed E-state index contributed by atoms with van der Waals surface area (Å²) >= 11 is 0. The molecule has 2 aliphatic carbocycles. The Bertz CT molecular complexity index is 949. The molecule has 134 valence electrons. The van der Waals surface area contributed by atoms with E-state index in [2.05, 4.69) is 4.98 Å². The number of rotatable bonds is 2. The Morgan fingerprint density at radius 1 is 1.15 bits per heavy atom. The second-order valence-corrected chi connectivity index (χ2v) is 6.60. The van der Waals surface area contributed by atoms with Gasteiger partial charge in [0.2, 0.25) is 0 Å². The highest BCUT2D eigenvalue weighted by atomic mass is 19.4. The van der Waals surface area contributed by atoms with Gasteiger partial charge in [0.25, 0.3) is 0 Å². The van der Waals surface area contributed by atoms with Crippen molar-refractivity contribution in [3.05, 3.63) is 53.4 Å². The number of alkyl halides is 3. The van der Waals surface area contributed by atoms with Crippen LogP contribution in [0.1, 0.15) is 35.2 Å². The number of ketones is 1. The SMILES string of the molecule is O=C(OC1=CC(=O)C2CCC1C2)c1ccc(C(F)(F)F)c2ncccc12. The molecule has 1 aromatic carbocycles. The standard InChI is InChI=1S/C19H14F3NO3/c20-19(21,22)14-6-5-13(12-2-1-7-23-17(12)14)18(25)26-16-9-15(24)10-3-4-11(16)8-10/h1-2,5-7,9-11H,3-4,8H2. The molecular weight excluding hydrogens is 347 g/mol. The molecule has 0 spiro atoms. The molecule has 1 aromatic heterocycles. The number of fused-ring (bicyclic) bond motifs is 3. The van der Waals surface area contributed by atoms with E-state index in [1.165, 1.54) is 24.4 Å². The van der Waals surface area contributed by atoms with Gasteiger partial charge in [0, 0.05) is 29.5 Å². The minimum Gasteiger partial charge on any atom is -0.427 e. The zero-order chi connectivity index (χ0) is 18.5. The van der Waals surface area contributed by atoms with Gasteiger partial charge < -0.3 is 4.74 Å². The van der Waals surface area contributed by atoms with Crippen molar-refractivity contribution >= 4 is 22.7 Å². The highest BCUT2D eigenvalue weighted by molar-refractivity contribution is 6.05. The molecular formula is C19H14F3NO3. The molecule has 0 radical (unpaired) electrons. The van der Waals surface area contributed by atoms with Crippen LogP contribution in [0.25, 0.3) is 10.9 Å². The lowest BCUT2D eigenvalue weighted by molar-refractivity contribution is -0.136. The van der Waals surface area contributed by atoms with Crippen LogP contribution in [0, 0.1) is 11.8 Å². The first-order chi connectivity index (χ1) is 12.3. The van der Waals surface area contributed by atoms with Crippen molar-refractivity contribution in [1.29, 1.82) is 0 Å². The number of allylic oxidation sites excluding steroid dienone is 2. The van der Waals surface area contributed by atoms with Gasteiger partial charge in [0.15, 0.2) is 5.78 Å². The molecule has 4 rings (SSSR count). The Morgan fingerprint density at radius 3 is 2.69 bits per heavy atom. The van der Waals surface area contributed by atoms with E-state index in [0.717, 1.165) is 25.0 Å². The van der Waals surface area contributed by atoms with Gasteiger partial charge in [-0.3, -0.25) is 9.78 Å². The third-order valence-corrected chi connectivity index (χ3v) is 5.03. The fourth-order valence-electron chi connectivity index (χ4n) is 3.73. The molecule has 4 nitrogen and oxygen atoms in total. The van der Waals surface area contributed by atoms with Crippen LogP contribution in [-0.4, -0.2) is 16.7 Å². The highest BCUT2D eigenvalue weighted by Crippen LogP contribution is 2.41. The summed E-state index contributed by atoms with van der Waals surface area (Å²) in [7, 11) is 0. The Hall–Kier alpha value is -2.70. The summed E-state index contributed by atoms with van der Waals surface area (Å²) in [6.45, 7) is 0. The van der Waals surface area contributed by atoms with Gasteiger partial charge in [-0.25, -0.2) is 4.79 Å². The minimum atomic E-state index is -4.58. The Morgan fingerprint density at radius 2 is 1.92 bits per heavy atom. The van der Waals surface area contributed by atoms with E-state index >= 15 is 0 Å². The number of nitrogens with zero attached hydrogens (tertiary/aromatic N) is 1. The first-order valence-electron chi connectivity index (χ1n) is 8.27. The first kappa shape index (κ1) is 16.8. The van der Waals surface area contributed by atoms with Gasteiger partial charge in [-0.05, 0) is 37.5 Å². The lowest BCUT2D eigenvalue weighted by Crippen LogP contribution is -2.19. The number of benzene rings is 1. The summed E-state index contributed by atoms with van der Waals surface area (Å²) in [6.07, 6.45) is 0.223. The summed E-state index contributed by atoms with van der Waals surface area (Å²) in [5, 5.41) is 0.0689. The van der Waals surface area contributed by atoms with Crippen molar-refractivity contribution in [3.8, 4) is 0 Å². The number of esters is 1. The summed E-state index contributed by atoms with van der Waals surface area (Å²) in [6, 6.07) is 4.79. The number of carbonyl (C=O) groups is 2. The number of aromatic nitrogens is 1. The molecule has 7 heteroatoms. The molecule has 1 saturated carbocycles. The van der Waals surface area contributed by atoms with Gasteiger partial charge in [-0.2, -0.15) is 13.2 Å². The summed E-state index contributed by atoms with van der Waals surface area (Å²) in [4.78, 5) is 28.3. The summed E-state index contributed by atoms with van der Waals surface area (Å²) in [5.74, 6) is -0.508. The van der Waals surface area contributed by atoms with Gasteiger partial charge in [0.05, 0.1) is 16.6 Å². The zero-order valence-corrected chi connectivity index (χ0v) is 13.5. The van der Waals surface area contributed by atoms with Crippen molar-refractivity contribution in [2.75, 3.05) is 0 Å². The number of halogens is 3. The minimum absolute atomic E-state index is 0.00134. The lowest BCUT2D eigenvalue weighted by Gasteiger charge is -2.19. The molecule has 0 amide bonds. The number of hydrogen-bond acceptors (Lipinski definition) is 4. The monoisotopic (exact) mass is 361 g/mol. The fourth-order valence-corrected chi connectivity index (χ4v) is 3.73. The highest BCUT2D eigenvalue weighted by Gasteiger charge is 2.38. The maximum absolute atomic E-state index is 13.2. The normalized spacial score (nSPS) is 22.4. The van der Waals surface area contributed by atoms with Crippen molar-refractivity contribution < 1.29 is 27.5 Å². The molecule has 1 fully saturated rings. The van der Waals surface area contributed by atoms with Crippen molar-refractivity contribution in [2.24, 2.45) is 11.8 Å². The van der Waals surface area contributed by atoms with Gasteiger partial charge >= 0.3 is 12.1 Å². The molecule has 2 aliphatic rings. The quantitative estimate of drug-likeness (QED) is 0.749. The van der Waals surface area contributed by atoms with Gasteiger partial charge in [0.1, 0.15) is 5.76 Å². The van der Waals surface area contributed by atoms with Crippen LogP contribution in [0.15, 0.2) is 42.3 Å². The average Bonchev–Trinajstić information content (AvgIpc) is 3.04. The maximum atomic E-state index is 13.2. The Kier molecular flexibility index (Phi) is 3.82. The predicted octanol–water partition coefficient (Wildman–Crippen LogP) is 4.29. The molecule has 26 heavy (non-hydrogen) atoms. The predicted molar refractivity (Wildman–Crippen MR) is 86.1 cm³/mol. The molecule has 1 heterocycles. The second-order valence-electron chi connectivity index (χ2n) is 6.60. The molecule has 0 saturated heterocycles. The third kappa shape index (κ3) is 2.77. The summed E-state index contributed by atoms with van der Waals surface area (Å²) < 4.78 is 44.9. The molecule has 0 aliphatic heterocycles. The van der Waals surface area contributed by atoms with E-state index in [1.54, 1.807) is 0 Å². The van der Waals surface area contributed by atoms with E-state index in [4.69, 9.17) is 4.74 Å². The van der Waals surface area contributed by atoms with Gasteiger partial charge in [-0.1, -0.05) is 6.07 Å². The zero-order valence-electron chi connectivity index (χ0n) is 13.5. The molecule has 2 unspecified atom stereocenters. The molecule has 0 N–H and O–H groups in total. The van der Waals surface area contributed by atoms with Crippen LogP contribution in [0.3, 0.4) is 0 Å². The number of hydrogen-bond donors (Lipinski definition) is 0. The topological polar surface area (TPSA) is 56.3 Å². The van der Waals surface area contributed by atoms with Crippen LogP contribution in [0.2, 0.25) is 0 Å². The fraction of sp³-hybridized carbons (Fsp3) is 0.316. The lowest BCUT2D eigenvalue weighted by atomic mass is 9.93. The first-order valence-corrected chi connectivity index (χ1v) is 8.27. The van der Waals surface area contributed by atoms with Crippen molar-refractivity contribution in [3.63, 3.8) is 0 Å². The smallest absolute Gasteiger partial charge is 0.418 e. The van der Waals surface area contributed by atoms with E-state index < -0.39 is 17.7 Å². The number of ether oxygens (including phenoxy) is 1. The summed E-state index contributed by atoms with van der Waals surface area (Å²) in [5.41, 5.74) is -1.21. The molecule has 2 bridgehead atoms. The Balaban J connectivity index is 1.71. The second kappa shape index (κ2) is 5.93. The van der Waals surface area contributed by atoms with Crippen LogP contribution in [-0.2, 0) is 15.7 Å². The molecule has 2 atom stereocenters. The van der Waals surface area contributed by atoms with E-state index in [-0.39, 0.29) is 34.1 Å². The number of carbonyl (C=O) groups excluding carboxylic acids is 2. The van der Waals surface area contributed by atoms with Crippen LogP contribution in [0.4, 0.5) is 13.2 Å². The average molecular weight is 361 g/mol. The van der Waals surface area contributed by atoms with E-state index in [0.29, 0.717) is 12.2 Å². The van der Waals surface area contributed by atoms with Crippen molar-refractivity contribution in [2.45, 2.75) is 25.4 Å².